The first-order valence-corrected chi connectivity index (χ1v) is 8.84. The zero-order valence-electron chi connectivity index (χ0n) is 14.8. The first-order valence-electron chi connectivity index (χ1n) is 8.05. The van der Waals surface area contributed by atoms with Crippen LogP contribution in [0.3, 0.4) is 0 Å². The lowest BCUT2D eigenvalue weighted by atomic mass is 10.1. The zero-order chi connectivity index (χ0) is 18.9. The van der Waals surface area contributed by atoms with Gasteiger partial charge in [-0.2, -0.15) is 5.10 Å². The van der Waals surface area contributed by atoms with E-state index in [1.165, 1.54) is 6.21 Å². The van der Waals surface area contributed by atoms with Crippen LogP contribution in [0.1, 0.15) is 16.7 Å². The van der Waals surface area contributed by atoms with Gasteiger partial charge in [-0.25, -0.2) is 5.43 Å². The number of hydrogen-bond acceptors (Lipinski definition) is 4. The van der Waals surface area contributed by atoms with Crippen molar-refractivity contribution in [3.8, 4) is 11.5 Å². The summed E-state index contributed by atoms with van der Waals surface area (Å²) in [6, 6.07) is 11.4. The fourth-order valence-corrected chi connectivity index (χ4v) is 2.49. The van der Waals surface area contributed by atoms with Crippen LogP contribution < -0.4 is 14.9 Å². The summed E-state index contributed by atoms with van der Waals surface area (Å²) in [6.45, 7) is 7.81. The van der Waals surface area contributed by atoms with Gasteiger partial charge in [0.25, 0.3) is 5.91 Å². The molecule has 0 aliphatic carbocycles. The fraction of sp³-hybridized carbons (Fsp3) is 0.200. The number of nitrogens with one attached hydrogen (secondary N) is 1. The normalized spacial score (nSPS) is 10.6. The molecule has 5 nitrogen and oxygen atoms in total. The van der Waals surface area contributed by atoms with Crippen LogP contribution in [-0.4, -0.2) is 25.3 Å². The fourth-order valence-electron chi connectivity index (χ4n) is 2.11. The van der Waals surface area contributed by atoms with Crippen LogP contribution in [0.4, 0.5) is 0 Å². The summed E-state index contributed by atoms with van der Waals surface area (Å²) in [4.78, 5) is 11.9. The molecule has 2 aromatic rings. The molecule has 0 radical (unpaired) electrons. The average molecular weight is 417 g/mol. The monoisotopic (exact) mass is 416 g/mol. The first kappa shape index (κ1) is 19.7. The number of benzene rings is 2. The second-order valence-corrected chi connectivity index (χ2v) is 6.55. The predicted octanol–water partition coefficient (Wildman–Crippen LogP) is 4.16. The Morgan fingerprint density at radius 1 is 1.19 bits per heavy atom. The largest absolute Gasteiger partial charge is 0.489 e. The van der Waals surface area contributed by atoms with Crippen molar-refractivity contribution in [1.82, 2.24) is 5.43 Å². The standard InChI is InChI=1S/C20H21BrN2O3/c1-4-9-25-18-8-7-17(21)11-16(18)12-22-23-20(24)13-26-19-10-14(2)5-6-15(19)3/h4-8,10-12H,1,9,13H2,2-3H3,(H,23,24). The molecule has 0 aliphatic heterocycles. The zero-order valence-corrected chi connectivity index (χ0v) is 16.4. The summed E-state index contributed by atoms with van der Waals surface area (Å²) >= 11 is 3.40. The third-order valence-electron chi connectivity index (χ3n) is 3.42. The Balaban J connectivity index is 1.93. The Labute approximate surface area is 161 Å². The number of hydrazone groups is 1. The lowest BCUT2D eigenvalue weighted by Gasteiger charge is -2.09. The average Bonchev–Trinajstić information content (AvgIpc) is 2.62. The maximum absolute atomic E-state index is 11.9. The van der Waals surface area contributed by atoms with Crippen LogP contribution in [-0.2, 0) is 4.79 Å². The van der Waals surface area contributed by atoms with Gasteiger partial charge in [0.15, 0.2) is 6.61 Å². The van der Waals surface area contributed by atoms with Gasteiger partial charge in [-0.05, 0) is 49.2 Å². The number of hydrogen-bond donors (Lipinski definition) is 1. The Kier molecular flexibility index (Phi) is 7.41. The van der Waals surface area contributed by atoms with Crippen LogP contribution in [0.2, 0.25) is 0 Å². The molecule has 1 N–H and O–H groups in total. The second-order valence-electron chi connectivity index (χ2n) is 5.63. The number of ether oxygens (including phenoxy) is 2. The number of carbonyl (C=O) groups excluding carboxylic acids is 1. The molecular weight excluding hydrogens is 396 g/mol. The quantitative estimate of drug-likeness (QED) is 0.399. The van der Waals surface area contributed by atoms with E-state index in [-0.39, 0.29) is 12.5 Å². The topological polar surface area (TPSA) is 59.9 Å². The van der Waals surface area contributed by atoms with E-state index in [0.29, 0.717) is 18.1 Å². The summed E-state index contributed by atoms with van der Waals surface area (Å²) in [5.74, 6) is 1.000. The van der Waals surface area contributed by atoms with Crippen LogP contribution in [0, 0.1) is 13.8 Å². The highest BCUT2D eigenvalue weighted by Gasteiger charge is 2.05. The van der Waals surface area contributed by atoms with Crippen molar-refractivity contribution in [2.24, 2.45) is 5.10 Å². The van der Waals surface area contributed by atoms with Crippen LogP contribution in [0.25, 0.3) is 0 Å². The van der Waals surface area contributed by atoms with E-state index in [9.17, 15) is 4.79 Å². The highest BCUT2D eigenvalue weighted by molar-refractivity contribution is 9.10. The molecule has 0 saturated carbocycles. The van der Waals surface area contributed by atoms with Gasteiger partial charge in [-0.3, -0.25) is 4.79 Å². The molecule has 136 valence electrons. The van der Waals surface area contributed by atoms with E-state index in [0.717, 1.165) is 21.2 Å². The number of aryl methyl sites for hydroxylation is 2. The molecule has 0 bridgehead atoms. The molecular formula is C20H21BrN2O3. The SMILES string of the molecule is C=CCOc1ccc(Br)cc1C=NNC(=O)COc1cc(C)ccc1C. The molecule has 0 saturated heterocycles. The van der Waals surface area contributed by atoms with E-state index >= 15 is 0 Å². The van der Waals surface area contributed by atoms with E-state index in [1.54, 1.807) is 6.08 Å². The van der Waals surface area contributed by atoms with Crippen molar-refractivity contribution in [3.05, 3.63) is 70.2 Å². The van der Waals surface area contributed by atoms with Gasteiger partial charge in [0.05, 0.1) is 6.21 Å². The van der Waals surface area contributed by atoms with Gasteiger partial charge in [0.2, 0.25) is 0 Å². The third-order valence-corrected chi connectivity index (χ3v) is 3.92. The van der Waals surface area contributed by atoms with Gasteiger partial charge in [-0.15, -0.1) is 0 Å². The number of carbonyl (C=O) groups is 1. The minimum atomic E-state index is -0.342. The second kappa shape index (κ2) is 9.77. The molecule has 2 rings (SSSR count). The molecule has 0 unspecified atom stereocenters. The minimum Gasteiger partial charge on any atom is -0.489 e. The molecule has 0 atom stereocenters. The molecule has 6 heteroatoms. The van der Waals surface area contributed by atoms with E-state index in [4.69, 9.17) is 9.47 Å². The number of halogens is 1. The molecule has 0 aliphatic rings. The lowest BCUT2D eigenvalue weighted by molar-refractivity contribution is -0.123. The Morgan fingerprint density at radius 3 is 2.77 bits per heavy atom. The van der Waals surface area contributed by atoms with Gasteiger partial charge >= 0.3 is 0 Å². The predicted molar refractivity (Wildman–Crippen MR) is 107 cm³/mol. The summed E-state index contributed by atoms with van der Waals surface area (Å²) < 4.78 is 12.0. The van der Waals surface area contributed by atoms with Crippen molar-refractivity contribution in [2.75, 3.05) is 13.2 Å². The van der Waals surface area contributed by atoms with Crippen LogP contribution >= 0.6 is 15.9 Å². The number of nitrogens with zero attached hydrogens (tertiary/aromatic N) is 1. The molecule has 0 heterocycles. The van der Waals surface area contributed by atoms with Crippen LogP contribution in [0.15, 0.2) is 58.6 Å². The highest BCUT2D eigenvalue weighted by atomic mass is 79.9. The van der Waals surface area contributed by atoms with E-state index in [1.807, 2.05) is 50.2 Å². The van der Waals surface area contributed by atoms with E-state index in [2.05, 4.69) is 33.0 Å². The molecule has 0 aromatic heterocycles. The molecule has 26 heavy (non-hydrogen) atoms. The Hall–Kier alpha value is -2.60. The third kappa shape index (κ3) is 6.04. The summed E-state index contributed by atoms with van der Waals surface area (Å²) in [7, 11) is 0. The lowest BCUT2D eigenvalue weighted by Crippen LogP contribution is -2.24. The van der Waals surface area contributed by atoms with Crippen molar-refractivity contribution >= 4 is 28.1 Å². The summed E-state index contributed by atoms with van der Waals surface area (Å²) in [6.07, 6.45) is 3.19. The first-order chi connectivity index (χ1) is 12.5. The Bertz CT molecular complexity index is 819. The maximum atomic E-state index is 11.9. The molecule has 0 spiro atoms. The highest BCUT2D eigenvalue weighted by Crippen LogP contribution is 2.22. The van der Waals surface area contributed by atoms with Gasteiger partial charge < -0.3 is 9.47 Å². The van der Waals surface area contributed by atoms with E-state index < -0.39 is 0 Å². The molecule has 0 fully saturated rings. The summed E-state index contributed by atoms with van der Waals surface area (Å²) in [5, 5.41) is 3.97. The molecule has 2 aromatic carbocycles. The number of rotatable bonds is 8. The smallest absolute Gasteiger partial charge is 0.277 e. The van der Waals surface area contributed by atoms with Crippen molar-refractivity contribution in [3.63, 3.8) is 0 Å². The minimum absolute atomic E-state index is 0.111. The van der Waals surface area contributed by atoms with Crippen molar-refractivity contribution < 1.29 is 14.3 Å². The summed E-state index contributed by atoms with van der Waals surface area (Å²) in [5.41, 5.74) is 5.24. The van der Waals surface area contributed by atoms with Crippen molar-refractivity contribution in [2.45, 2.75) is 13.8 Å². The van der Waals surface area contributed by atoms with Crippen molar-refractivity contribution in [1.29, 1.82) is 0 Å². The van der Waals surface area contributed by atoms with Crippen LogP contribution in [0.5, 0.6) is 11.5 Å². The maximum Gasteiger partial charge on any atom is 0.277 e. The van der Waals surface area contributed by atoms with Gasteiger partial charge in [0, 0.05) is 10.0 Å². The number of amides is 1. The van der Waals surface area contributed by atoms with Gasteiger partial charge in [-0.1, -0.05) is 40.7 Å². The Morgan fingerprint density at radius 2 is 2.00 bits per heavy atom. The van der Waals surface area contributed by atoms with Gasteiger partial charge in [0.1, 0.15) is 18.1 Å². The molecule has 1 amide bonds.